The molecule has 4 rings (SSSR count). The van der Waals surface area contributed by atoms with E-state index < -0.39 is 0 Å². The fourth-order valence-corrected chi connectivity index (χ4v) is 5.20. The monoisotopic (exact) mass is 436 g/mol. The number of fused-ring (bicyclic) bond motifs is 1. The maximum Gasteiger partial charge on any atom is 0.266 e. The summed E-state index contributed by atoms with van der Waals surface area (Å²) in [4.78, 5) is 39.1. The molecular weight excluding hydrogens is 416 g/mol. The maximum atomic E-state index is 12.7. The second kappa shape index (κ2) is 8.41. The van der Waals surface area contributed by atoms with Gasteiger partial charge in [-0.2, -0.15) is 0 Å². The number of nitrogens with one attached hydrogen (secondary N) is 2. The maximum absolute atomic E-state index is 12.7. The van der Waals surface area contributed by atoms with Crippen molar-refractivity contribution in [3.05, 3.63) is 80.5 Å². The summed E-state index contributed by atoms with van der Waals surface area (Å²) >= 11 is 2.88. The second-order valence-electron chi connectivity index (χ2n) is 7.00. The third-order valence-electron chi connectivity index (χ3n) is 4.70. The number of hydrogen-bond donors (Lipinski definition) is 2. The fraction of sp³-hybridized carbons (Fsp3) is 0.182. The quantitative estimate of drug-likeness (QED) is 0.437. The van der Waals surface area contributed by atoms with Crippen LogP contribution in [-0.4, -0.2) is 20.9 Å². The first-order valence-electron chi connectivity index (χ1n) is 9.36. The first-order valence-corrected chi connectivity index (χ1v) is 11.2. The second-order valence-corrected chi connectivity index (χ2v) is 9.01. The van der Waals surface area contributed by atoms with E-state index in [1.54, 1.807) is 43.2 Å². The third kappa shape index (κ3) is 4.15. The van der Waals surface area contributed by atoms with Gasteiger partial charge < -0.3 is 10.3 Å². The number of benzene rings is 1. The largest absolute Gasteiger partial charge is 0.321 e. The molecule has 0 aliphatic rings. The minimum Gasteiger partial charge on any atom is -0.321 e. The lowest BCUT2D eigenvalue weighted by Crippen LogP contribution is -2.13. The molecule has 0 unspecified atom stereocenters. The SMILES string of the molecule is Cc1ccc(C)c(SCc2nc3sc(C(=O)Nc4ccncc4)c(C)c3c(=O)[nH]2)c1. The molecule has 0 aliphatic carbocycles. The molecule has 0 bridgehead atoms. The average Bonchev–Trinajstić information content (AvgIpc) is 3.06. The summed E-state index contributed by atoms with van der Waals surface area (Å²) in [5.41, 5.74) is 3.46. The average molecular weight is 437 g/mol. The molecule has 2 N–H and O–H groups in total. The van der Waals surface area contributed by atoms with Gasteiger partial charge in [0.1, 0.15) is 10.7 Å². The molecule has 6 nitrogen and oxygen atoms in total. The summed E-state index contributed by atoms with van der Waals surface area (Å²) in [6, 6.07) is 9.74. The predicted octanol–water partition coefficient (Wildman–Crippen LogP) is 4.85. The van der Waals surface area contributed by atoms with Crippen molar-refractivity contribution < 1.29 is 4.79 Å². The van der Waals surface area contributed by atoms with Gasteiger partial charge in [-0.3, -0.25) is 14.6 Å². The van der Waals surface area contributed by atoms with Crippen LogP contribution >= 0.6 is 23.1 Å². The van der Waals surface area contributed by atoms with Gasteiger partial charge in [0.25, 0.3) is 11.5 Å². The first kappa shape index (κ1) is 20.3. The Morgan fingerprint density at radius 1 is 1.17 bits per heavy atom. The van der Waals surface area contributed by atoms with Gasteiger partial charge in [0.05, 0.1) is 16.0 Å². The lowest BCUT2D eigenvalue weighted by atomic mass is 10.2. The number of amides is 1. The number of rotatable bonds is 5. The van der Waals surface area contributed by atoms with Crippen molar-refractivity contribution in [3.63, 3.8) is 0 Å². The highest BCUT2D eigenvalue weighted by molar-refractivity contribution is 7.98. The van der Waals surface area contributed by atoms with Gasteiger partial charge >= 0.3 is 0 Å². The van der Waals surface area contributed by atoms with Gasteiger partial charge in [-0.15, -0.1) is 23.1 Å². The van der Waals surface area contributed by atoms with E-state index in [9.17, 15) is 9.59 Å². The van der Waals surface area contributed by atoms with Crippen LogP contribution in [0.2, 0.25) is 0 Å². The number of aryl methyl sites for hydroxylation is 3. The van der Waals surface area contributed by atoms with Crippen molar-refractivity contribution in [2.24, 2.45) is 0 Å². The molecule has 3 heterocycles. The summed E-state index contributed by atoms with van der Waals surface area (Å²) in [6.45, 7) is 5.90. The molecule has 1 amide bonds. The van der Waals surface area contributed by atoms with E-state index in [1.807, 2.05) is 0 Å². The molecule has 0 atom stereocenters. The molecule has 1 aromatic carbocycles. The van der Waals surface area contributed by atoms with Crippen molar-refractivity contribution in [3.8, 4) is 0 Å². The molecular formula is C22H20N4O2S2. The molecule has 0 spiro atoms. The van der Waals surface area contributed by atoms with Gasteiger partial charge in [0, 0.05) is 23.0 Å². The van der Waals surface area contributed by atoms with Crippen molar-refractivity contribution in [1.82, 2.24) is 15.0 Å². The molecule has 152 valence electrons. The predicted molar refractivity (Wildman–Crippen MR) is 123 cm³/mol. The third-order valence-corrected chi connectivity index (χ3v) is 7.06. The highest BCUT2D eigenvalue weighted by Crippen LogP contribution is 2.30. The van der Waals surface area contributed by atoms with Crippen molar-refractivity contribution in [1.29, 1.82) is 0 Å². The standard InChI is InChI=1S/C22H20N4O2S2/c1-12-4-5-13(2)16(10-12)29-11-17-25-20(27)18-14(3)19(30-22(18)26-17)21(28)24-15-6-8-23-9-7-15/h4-10H,11H2,1-3H3,(H,23,24,28)(H,25,26,27). The molecule has 0 saturated carbocycles. The van der Waals surface area contributed by atoms with E-state index >= 15 is 0 Å². The zero-order valence-corrected chi connectivity index (χ0v) is 18.4. The zero-order valence-electron chi connectivity index (χ0n) is 16.8. The number of pyridine rings is 1. The molecule has 8 heteroatoms. The summed E-state index contributed by atoms with van der Waals surface area (Å²) in [5.74, 6) is 0.887. The van der Waals surface area contributed by atoms with Gasteiger partial charge in [-0.05, 0) is 50.1 Å². The Bertz CT molecular complexity index is 1300. The Morgan fingerprint density at radius 2 is 1.93 bits per heavy atom. The zero-order chi connectivity index (χ0) is 21.3. The van der Waals surface area contributed by atoms with Crippen molar-refractivity contribution in [2.75, 3.05) is 5.32 Å². The van der Waals surface area contributed by atoms with Crippen LogP contribution in [0.15, 0.2) is 52.4 Å². The topological polar surface area (TPSA) is 87.7 Å². The van der Waals surface area contributed by atoms with Crippen LogP contribution in [0.5, 0.6) is 0 Å². The minimum atomic E-state index is -0.257. The molecule has 4 aromatic rings. The number of aromatic nitrogens is 3. The smallest absolute Gasteiger partial charge is 0.266 e. The summed E-state index contributed by atoms with van der Waals surface area (Å²) < 4.78 is 0. The molecule has 0 aliphatic heterocycles. The van der Waals surface area contributed by atoms with Crippen LogP contribution in [0.4, 0.5) is 5.69 Å². The lowest BCUT2D eigenvalue weighted by molar-refractivity contribution is 0.103. The van der Waals surface area contributed by atoms with Gasteiger partial charge in [-0.25, -0.2) is 4.98 Å². The Labute approximate surface area is 181 Å². The van der Waals surface area contributed by atoms with Crippen molar-refractivity contribution in [2.45, 2.75) is 31.4 Å². The number of aromatic amines is 1. The van der Waals surface area contributed by atoms with Crippen LogP contribution < -0.4 is 10.9 Å². The van der Waals surface area contributed by atoms with Gasteiger partial charge in [0.2, 0.25) is 0 Å². The Hall–Kier alpha value is -2.97. The number of hydrogen-bond acceptors (Lipinski definition) is 6. The van der Waals surface area contributed by atoms with Crippen LogP contribution in [0.1, 0.15) is 32.2 Å². The molecule has 3 aromatic heterocycles. The van der Waals surface area contributed by atoms with E-state index in [-0.39, 0.29) is 11.5 Å². The van der Waals surface area contributed by atoms with Crippen LogP contribution in [0.25, 0.3) is 10.2 Å². The summed E-state index contributed by atoms with van der Waals surface area (Å²) in [5, 5.41) is 3.31. The Balaban J connectivity index is 1.61. The van der Waals surface area contributed by atoms with Crippen LogP contribution in [0.3, 0.4) is 0 Å². The molecule has 30 heavy (non-hydrogen) atoms. The van der Waals surface area contributed by atoms with E-state index in [4.69, 9.17) is 0 Å². The molecule has 0 radical (unpaired) electrons. The van der Waals surface area contributed by atoms with Gasteiger partial charge in [-0.1, -0.05) is 17.7 Å². The molecule has 0 fully saturated rings. The number of thioether (sulfide) groups is 1. The number of nitrogens with zero attached hydrogens (tertiary/aromatic N) is 2. The van der Waals surface area contributed by atoms with Gasteiger partial charge in [0.15, 0.2) is 0 Å². The van der Waals surface area contributed by atoms with Crippen LogP contribution in [-0.2, 0) is 5.75 Å². The Kier molecular flexibility index (Phi) is 5.69. The normalized spacial score (nSPS) is 11.0. The van der Waals surface area contributed by atoms with Crippen LogP contribution in [0, 0.1) is 20.8 Å². The highest BCUT2D eigenvalue weighted by atomic mass is 32.2. The first-order chi connectivity index (χ1) is 14.4. The molecule has 0 saturated heterocycles. The Morgan fingerprint density at radius 3 is 2.70 bits per heavy atom. The van der Waals surface area contributed by atoms with Crippen molar-refractivity contribution >= 4 is 44.9 Å². The summed E-state index contributed by atoms with van der Waals surface area (Å²) in [7, 11) is 0. The van der Waals surface area contributed by atoms with E-state index in [1.165, 1.54) is 22.5 Å². The number of carbonyl (C=O) groups is 1. The number of carbonyl (C=O) groups excluding carboxylic acids is 1. The summed E-state index contributed by atoms with van der Waals surface area (Å²) in [6.07, 6.45) is 3.22. The fourth-order valence-electron chi connectivity index (χ4n) is 3.11. The number of H-pyrrole nitrogens is 1. The van der Waals surface area contributed by atoms with E-state index in [0.717, 1.165) is 4.90 Å². The highest BCUT2D eigenvalue weighted by Gasteiger charge is 2.19. The van der Waals surface area contributed by atoms with E-state index in [2.05, 4.69) is 52.3 Å². The minimum absolute atomic E-state index is 0.215. The lowest BCUT2D eigenvalue weighted by Gasteiger charge is -2.06. The van der Waals surface area contributed by atoms with E-state index in [0.29, 0.717) is 37.9 Å². The number of thiophene rings is 1. The number of anilines is 1.